The van der Waals surface area contributed by atoms with Crippen LogP contribution >= 0.6 is 0 Å². The van der Waals surface area contributed by atoms with Gasteiger partial charge in [0.05, 0.1) is 38.8 Å². The van der Waals surface area contributed by atoms with Gasteiger partial charge in [-0.25, -0.2) is 4.79 Å². The van der Waals surface area contributed by atoms with Crippen molar-refractivity contribution in [3.63, 3.8) is 0 Å². The van der Waals surface area contributed by atoms with Crippen LogP contribution in [0.5, 0.6) is 0 Å². The molecule has 0 saturated heterocycles. The van der Waals surface area contributed by atoms with E-state index < -0.39 is 5.97 Å². The Bertz CT molecular complexity index is 620. The van der Waals surface area contributed by atoms with E-state index in [2.05, 4.69) is 9.84 Å². The fourth-order valence-corrected chi connectivity index (χ4v) is 2.20. The number of rotatable bonds is 7. The van der Waals surface area contributed by atoms with E-state index in [1.165, 1.54) is 18.9 Å². The van der Waals surface area contributed by atoms with Crippen LogP contribution in [0.1, 0.15) is 27.2 Å². The van der Waals surface area contributed by atoms with Crippen molar-refractivity contribution in [2.45, 2.75) is 19.6 Å². The molecule has 0 aliphatic rings. The SMILES string of the molecule is COCCc1ccc(Cn2ncc(C(=O)OC)c2CO)cc1. The van der Waals surface area contributed by atoms with Gasteiger partial charge in [-0.15, -0.1) is 0 Å². The number of aliphatic hydroxyl groups excluding tert-OH is 1. The van der Waals surface area contributed by atoms with Crippen molar-refractivity contribution >= 4 is 5.97 Å². The molecule has 2 aromatic rings. The molecule has 1 aromatic carbocycles. The summed E-state index contributed by atoms with van der Waals surface area (Å²) in [7, 11) is 2.99. The Morgan fingerprint density at radius 2 is 1.91 bits per heavy atom. The Morgan fingerprint density at radius 1 is 1.23 bits per heavy atom. The number of aromatic nitrogens is 2. The fourth-order valence-electron chi connectivity index (χ4n) is 2.20. The topological polar surface area (TPSA) is 73.6 Å². The van der Waals surface area contributed by atoms with Crippen molar-refractivity contribution in [1.29, 1.82) is 0 Å². The van der Waals surface area contributed by atoms with E-state index in [0.717, 1.165) is 12.0 Å². The van der Waals surface area contributed by atoms with Crippen LogP contribution in [0.15, 0.2) is 30.5 Å². The Hall–Kier alpha value is -2.18. The number of carbonyl (C=O) groups excluding carboxylic acids is 1. The zero-order chi connectivity index (χ0) is 15.9. The van der Waals surface area contributed by atoms with E-state index in [1.807, 2.05) is 24.3 Å². The minimum Gasteiger partial charge on any atom is -0.465 e. The number of ether oxygens (including phenoxy) is 2. The average molecular weight is 304 g/mol. The lowest BCUT2D eigenvalue weighted by Gasteiger charge is -2.08. The van der Waals surface area contributed by atoms with Crippen LogP contribution < -0.4 is 0 Å². The van der Waals surface area contributed by atoms with Gasteiger partial charge in [-0.1, -0.05) is 24.3 Å². The predicted octanol–water partition coefficient (Wildman–Crippen LogP) is 1.40. The summed E-state index contributed by atoms with van der Waals surface area (Å²) >= 11 is 0. The lowest BCUT2D eigenvalue weighted by atomic mass is 10.1. The van der Waals surface area contributed by atoms with Gasteiger partial charge in [0.15, 0.2) is 0 Å². The molecule has 1 aromatic heterocycles. The number of hydrogen-bond donors (Lipinski definition) is 1. The molecule has 0 saturated carbocycles. The first-order valence-electron chi connectivity index (χ1n) is 7.00. The molecule has 0 amide bonds. The Balaban J connectivity index is 2.13. The molecule has 0 aliphatic carbocycles. The summed E-state index contributed by atoms with van der Waals surface area (Å²) < 4.78 is 11.3. The summed E-state index contributed by atoms with van der Waals surface area (Å²) in [5.74, 6) is -0.495. The highest BCUT2D eigenvalue weighted by Gasteiger charge is 2.17. The van der Waals surface area contributed by atoms with Crippen molar-refractivity contribution in [3.05, 3.63) is 52.8 Å². The van der Waals surface area contributed by atoms with Crippen LogP contribution in [0.3, 0.4) is 0 Å². The van der Waals surface area contributed by atoms with Gasteiger partial charge < -0.3 is 14.6 Å². The van der Waals surface area contributed by atoms with E-state index >= 15 is 0 Å². The third-order valence-corrected chi connectivity index (χ3v) is 3.45. The largest absolute Gasteiger partial charge is 0.465 e. The van der Waals surface area contributed by atoms with Gasteiger partial charge in [0.1, 0.15) is 5.56 Å². The minimum atomic E-state index is -0.495. The van der Waals surface area contributed by atoms with E-state index in [0.29, 0.717) is 24.4 Å². The number of hydrogen-bond acceptors (Lipinski definition) is 5. The van der Waals surface area contributed by atoms with Crippen molar-refractivity contribution in [2.75, 3.05) is 20.8 Å². The van der Waals surface area contributed by atoms with Crippen LogP contribution in [0.2, 0.25) is 0 Å². The van der Waals surface area contributed by atoms with Crippen LogP contribution in [0.25, 0.3) is 0 Å². The average Bonchev–Trinajstić information content (AvgIpc) is 2.96. The van der Waals surface area contributed by atoms with E-state index in [1.54, 1.807) is 11.8 Å². The number of nitrogens with zero attached hydrogens (tertiary/aromatic N) is 2. The smallest absolute Gasteiger partial charge is 0.341 e. The Morgan fingerprint density at radius 3 is 2.50 bits per heavy atom. The van der Waals surface area contributed by atoms with Crippen LogP contribution in [0.4, 0.5) is 0 Å². The molecular formula is C16H20N2O4. The summed E-state index contributed by atoms with van der Waals surface area (Å²) in [6.07, 6.45) is 2.29. The highest BCUT2D eigenvalue weighted by atomic mass is 16.5. The molecule has 1 N–H and O–H groups in total. The number of carbonyl (C=O) groups is 1. The molecule has 0 atom stereocenters. The first kappa shape index (κ1) is 16.2. The molecular weight excluding hydrogens is 284 g/mol. The molecule has 0 unspecified atom stereocenters. The van der Waals surface area contributed by atoms with Crippen LogP contribution in [-0.4, -0.2) is 41.7 Å². The summed E-state index contributed by atoms with van der Waals surface area (Å²) in [6, 6.07) is 8.09. The lowest BCUT2D eigenvalue weighted by molar-refractivity contribution is 0.0596. The predicted molar refractivity (Wildman–Crippen MR) is 80.6 cm³/mol. The molecule has 0 fully saturated rings. The number of esters is 1. The molecule has 6 nitrogen and oxygen atoms in total. The lowest BCUT2D eigenvalue weighted by Crippen LogP contribution is -2.10. The van der Waals surface area contributed by atoms with E-state index in [-0.39, 0.29) is 6.61 Å². The normalized spacial score (nSPS) is 10.7. The summed E-state index contributed by atoms with van der Waals surface area (Å²) in [5, 5.41) is 13.6. The molecule has 0 bridgehead atoms. The number of benzene rings is 1. The van der Waals surface area contributed by atoms with Gasteiger partial charge in [-0.2, -0.15) is 5.10 Å². The monoisotopic (exact) mass is 304 g/mol. The Labute approximate surface area is 129 Å². The van der Waals surface area contributed by atoms with E-state index in [4.69, 9.17) is 4.74 Å². The molecule has 22 heavy (non-hydrogen) atoms. The Kier molecular flexibility index (Phi) is 5.68. The highest BCUT2D eigenvalue weighted by molar-refractivity contribution is 5.90. The van der Waals surface area contributed by atoms with Gasteiger partial charge >= 0.3 is 5.97 Å². The van der Waals surface area contributed by atoms with Gasteiger partial charge in [0.25, 0.3) is 0 Å². The zero-order valence-electron chi connectivity index (χ0n) is 12.8. The second-order valence-electron chi connectivity index (χ2n) is 4.87. The molecule has 6 heteroatoms. The first-order chi connectivity index (χ1) is 10.7. The molecule has 2 rings (SSSR count). The third-order valence-electron chi connectivity index (χ3n) is 3.45. The maximum absolute atomic E-state index is 11.6. The van der Waals surface area contributed by atoms with Crippen molar-refractivity contribution < 1.29 is 19.4 Å². The summed E-state index contributed by atoms with van der Waals surface area (Å²) in [6.45, 7) is 0.906. The standard InChI is InChI=1S/C16H20N2O4/c1-21-8-7-12-3-5-13(6-4-12)10-18-15(11-19)14(9-17-18)16(20)22-2/h3-6,9,19H,7-8,10-11H2,1-2H3. The maximum Gasteiger partial charge on any atom is 0.341 e. The second kappa shape index (κ2) is 7.72. The number of aliphatic hydroxyl groups is 1. The fraction of sp³-hybridized carbons (Fsp3) is 0.375. The van der Waals surface area contributed by atoms with Gasteiger partial charge in [0.2, 0.25) is 0 Å². The van der Waals surface area contributed by atoms with Gasteiger partial charge in [-0.3, -0.25) is 4.68 Å². The summed E-state index contributed by atoms with van der Waals surface area (Å²) in [4.78, 5) is 11.6. The molecule has 0 radical (unpaired) electrons. The molecule has 0 aliphatic heterocycles. The number of methoxy groups -OCH3 is 2. The first-order valence-corrected chi connectivity index (χ1v) is 7.00. The minimum absolute atomic E-state index is 0.268. The van der Waals surface area contributed by atoms with E-state index in [9.17, 15) is 9.90 Å². The quantitative estimate of drug-likeness (QED) is 0.783. The van der Waals surface area contributed by atoms with Crippen molar-refractivity contribution in [1.82, 2.24) is 9.78 Å². The maximum atomic E-state index is 11.6. The molecule has 1 heterocycles. The van der Waals surface area contributed by atoms with Gasteiger partial charge in [-0.05, 0) is 17.5 Å². The van der Waals surface area contributed by atoms with Gasteiger partial charge in [0, 0.05) is 7.11 Å². The highest BCUT2D eigenvalue weighted by Crippen LogP contribution is 2.13. The third kappa shape index (κ3) is 3.72. The second-order valence-corrected chi connectivity index (χ2v) is 4.87. The van der Waals surface area contributed by atoms with Crippen LogP contribution in [0, 0.1) is 0 Å². The van der Waals surface area contributed by atoms with Crippen molar-refractivity contribution in [2.24, 2.45) is 0 Å². The summed E-state index contributed by atoms with van der Waals surface area (Å²) in [5.41, 5.74) is 2.98. The zero-order valence-corrected chi connectivity index (χ0v) is 12.8. The van der Waals surface area contributed by atoms with Crippen LogP contribution in [-0.2, 0) is 29.0 Å². The molecule has 0 spiro atoms. The van der Waals surface area contributed by atoms with Crippen molar-refractivity contribution in [3.8, 4) is 0 Å². The molecule has 118 valence electrons.